The number of anilines is 2. The minimum absolute atomic E-state index is 0.102. The SMILES string of the molecule is C#CCNc1nc(NC(C)C)nc(Cl)c1C#N. The van der Waals surface area contributed by atoms with Crippen LogP contribution in [0.4, 0.5) is 11.8 Å². The van der Waals surface area contributed by atoms with Crippen LogP contribution in [0.1, 0.15) is 19.4 Å². The molecule has 2 N–H and O–H groups in total. The molecule has 0 fully saturated rings. The van der Waals surface area contributed by atoms with E-state index in [1.54, 1.807) is 0 Å². The first kappa shape index (κ1) is 13.1. The van der Waals surface area contributed by atoms with E-state index in [0.29, 0.717) is 11.8 Å². The molecule has 0 atom stereocenters. The third kappa shape index (κ3) is 3.51. The molecule has 0 aliphatic heterocycles. The quantitative estimate of drug-likeness (QED) is 0.630. The van der Waals surface area contributed by atoms with Gasteiger partial charge in [0.1, 0.15) is 11.6 Å². The fourth-order valence-corrected chi connectivity index (χ4v) is 1.33. The first-order valence-corrected chi connectivity index (χ1v) is 5.37. The highest BCUT2D eigenvalue weighted by Gasteiger charge is 2.12. The van der Waals surface area contributed by atoms with E-state index >= 15 is 0 Å². The lowest BCUT2D eigenvalue weighted by Gasteiger charge is -2.11. The lowest BCUT2D eigenvalue weighted by Crippen LogP contribution is -2.14. The van der Waals surface area contributed by atoms with Gasteiger partial charge in [0.25, 0.3) is 0 Å². The van der Waals surface area contributed by atoms with Crippen LogP contribution in [0.25, 0.3) is 0 Å². The Morgan fingerprint density at radius 3 is 2.71 bits per heavy atom. The van der Waals surface area contributed by atoms with Gasteiger partial charge in [0.2, 0.25) is 5.95 Å². The van der Waals surface area contributed by atoms with Crippen LogP contribution in [-0.2, 0) is 0 Å². The van der Waals surface area contributed by atoms with Crippen molar-refractivity contribution in [2.75, 3.05) is 17.2 Å². The van der Waals surface area contributed by atoms with Crippen molar-refractivity contribution in [1.82, 2.24) is 9.97 Å². The molecule has 0 aliphatic carbocycles. The standard InChI is InChI=1S/C11H12ClN5/c1-4-5-14-10-8(6-13)9(12)16-11(17-10)15-7(2)3/h1,7H,5H2,2-3H3,(H2,14,15,16,17). The summed E-state index contributed by atoms with van der Waals surface area (Å²) in [6.07, 6.45) is 5.14. The van der Waals surface area contributed by atoms with Crippen molar-refractivity contribution in [2.24, 2.45) is 0 Å². The van der Waals surface area contributed by atoms with Crippen LogP contribution in [0.5, 0.6) is 0 Å². The van der Waals surface area contributed by atoms with E-state index in [0.717, 1.165) is 0 Å². The molecule has 1 rings (SSSR count). The van der Waals surface area contributed by atoms with Crippen molar-refractivity contribution >= 4 is 23.4 Å². The molecule has 17 heavy (non-hydrogen) atoms. The highest BCUT2D eigenvalue weighted by Crippen LogP contribution is 2.21. The van der Waals surface area contributed by atoms with Gasteiger partial charge >= 0.3 is 0 Å². The minimum Gasteiger partial charge on any atom is -0.358 e. The summed E-state index contributed by atoms with van der Waals surface area (Å²) in [6, 6.07) is 2.10. The molecule has 0 aliphatic rings. The smallest absolute Gasteiger partial charge is 0.226 e. The molecule has 1 aromatic rings. The Labute approximate surface area is 105 Å². The molecule has 1 aromatic heterocycles. The number of hydrogen-bond donors (Lipinski definition) is 2. The van der Waals surface area contributed by atoms with Gasteiger partial charge in [-0.05, 0) is 13.8 Å². The summed E-state index contributed by atoms with van der Waals surface area (Å²) in [6.45, 7) is 4.16. The first-order valence-electron chi connectivity index (χ1n) is 5.00. The lowest BCUT2D eigenvalue weighted by atomic mass is 10.3. The van der Waals surface area contributed by atoms with E-state index in [2.05, 4.69) is 26.5 Å². The summed E-state index contributed by atoms with van der Waals surface area (Å²) in [7, 11) is 0. The third-order valence-electron chi connectivity index (χ3n) is 1.75. The van der Waals surface area contributed by atoms with Crippen LogP contribution >= 0.6 is 11.6 Å². The van der Waals surface area contributed by atoms with Crippen molar-refractivity contribution in [3.63, 3.8) is 0 Å². The van der Waals surface area contributed by atoms with E-state index in [-0.39, 0.29) is 23.3 Å². The maximum absolute atomic E-state index is 8.94. The molecule has 1 heterocycles. The summed E-state index contributed by atoms with van der Waals surface area (Å²) >= 11 is 5.89. The zero-order chi connectivity index (χ0) is 12.8. The average molecular weight is 250 g/mol. The van der Waals surface area contributed by atoms with Crippen molar-refractivity contribution in [3.8, 4) is 18.4 Å². The maximum Gasteiger partial charge on any atom is 0.226 e. The molecule has 0 spiro atoms. The van der Waals surface area contributed by atoms with Gasteiger partial charge in [0.15, 0.2) is 11.0 Å². The second-order valence-electron chi connectivity index (χ2n) is 3.53. The molecule has 0 bridgehead atoms. The predicted molar refractivity (Wildman–Crippen MR) is 67.8 cm³/mol. The van der Waals surface area contributed by atoms with Crippen molar-refractivity contribution in [2.45, 2.75) is 19.9 Å². The topological polar surface area (TPSA) is 73.6 Å². The fourth-order valence-electron chi connectivity index (χ4n) is 1.12. The minimum atomic E-state index is 0.102. The predicted octanol–water partition coefficient (Wildman–Crippen LogP) is 1.87. The zero-order valence-corrected chi connectivity index (χ0v) is 10.3. The monoisotopic (exact) mass is 249 g/mol. The van der Waals surface area contributed by atoms with Gasteiger partial charge in [0.05, 0.1) is 6.54 Å². The second kappa shape index (κ2) is 5.93. The average Bonchev–Trinajstić information content (AvgIpc) is 2.25. The van der Waals surface area contributed by atoms with E-state index in [1.165, 1.54) is 0 Å². The van der Waals surface area contributed by atoms with Gasteiger partial charge in [-0.2, -0.15) is 15.2 Å². The second-order valence-corrected chi connectivity index (χ2v) is 3.89. The number of nitrogens with one attached hydrogen (secondary N) is 2. The van der Waals surface area contributed by atoms with Crippen LogP contribution in [-0.4, -0.2) is 22.6 Å². The van der Waals surface area contributed by atoms with Crippen molar-refractivity contribution < 1.29 is 0 Å². The molecule has 0 saturated heterocycles. The van der Waals surface area contributed by atoms with Gasteiger partial charge in [-0.15, -0.1) is 6.42 Å². The summed E-state index contributed by atoms with van der Waals surface area (Å²) in [5.41, 5.74) is 0.191. The Hall–Kier alpha value is -1.98. The molecule has 88 valence electrons. The number of halogens is 1. The fraction of sp³-hybridized carbons (Fsp3) is 0.364. The Morgan fingerprint density at radius 1 is 1.47 bits per heavy atom. The van der Waals surface area contributed by atoms with Crippen molar-refractivity contribution in [1.29, 1.82) is 5.26 Å². The van der Waals surface area contributed by atoms with Crippen LogP contribution in [0.15, 0.2) is 0 Å². The van der Waals surface area contributed by atoms with Gasteiger partial charge < -0.3 is 10.6 Å². The van der Waals surface area contributed by atoms with Gasteiger partial charge in [-0.1, -0.05) is 17.5 Å². The Morgan fingerprint density at radius 2 is 2.18 bits per heavy atom. The summed E-state index contributed by atoms with van der Waals surface area (Å²) < 4.78 is 0. The van der Waals surface area contributed by atoms with Gasteiger partial charge in [-0.25, -0.2) is 0 Å². The number of aromatic nitrogens is 2. The molecule has 0 saturated carbocycles. The van der Waals surface area contributed by atoms with Crippen LogP contribution in [0, 0.1) is 23.7 Å². The summed E-state index contributed by atoms with van der Waals surface area (Å²) in [5, 5.41) is 14.9. The molecule has 0 unspecified atom stereocenters. The summed E-state index contributed by atoms with van der Waals surface area (Å²) in [5.74, 6) is 3.11. The number of nitriles is 1. The molecule has 0 radical (unpaired) electrons. The molecule has 0 amide bonds. The highest BCUT2D eigenvalue weighted by molar-refractivity contribution is 6.31. The van der Waals surface area contributed by atoms with Crippen LogP contribution < -0.4 is 10.6 Å². The Bertz CT molecular complexity index is 484. The summed E-state index contributed by atoms with van der Waals surface area (Å²) in [4.78, 5) is 8.13. The molecular formula is C11H12ClN5. The normalized spacial score (nSPS) is 9.53. The van der Waals surface area contributed by atoms with Gasteiger partial charge in [0, 0.05) is 6.04 Å². The van der Waals surface area contributed by atoms with E-state index in [9.17, 15) is 0 Å². The third-order valence-corrected chi connectivity index (χ3v) is 2.03. The number of nitrogens with zero attached hydrogens (tertiary/aromatic N) is 3. The number of rotatable bonds is 4. The zero-order valence-electron chi connectivity index (χ0n) is 9.58. The first-order chi connectivity index (χ1) is 8.08. The molecular weight excluding hydrogens is 238 g/mol. The van der Waals surface area contributed by atoms with E-state index in [1.807, 2.05) is 19.9 Å². The number of hydrogen-bond acceptors (Lipinski definition) is 5. The Kier molecular flexibility index (Phi) is 4.56. The molecule has 6 heteroatoms. The highest BCUT2D eigenvalue weighted by atomic mass is 35.5. The Balaban J connectivity index is 3.11. The van der Waals surface area contributed by atoms with Crippen molar-refractivity contribution in [3.05, 3.63) is 10.7 Å². The molecule has 5 nitrogen and oxygen atoms in total. The van der Waals surface area contributed by atoms with Gasteiger partial charge in [-0.3, -0.25) is 0 Å². The largest absolute Gasteiger partial charge is 0.358 e. The van der Waals surface area contributed by atoms with Crippen LogP contribution in [0.3, 0.4) is 0 Å². The van der Waals surface area contributed by atoms with E-state index in [4.69, 9.17) is 23.3 Å². The van der Waals surface area contributed by atoms with E-state index < -0.39 is 0 Å². The molecule has 0 aromatic carbocycles. The maximum atomic E-state index is 8.94. The van der Waals surface area contributed by atoms with Crippen LogP contribution in [0.2, 0.25) is 5.15 Å². The number of terminal acetylenes is 1. The lowest BCUT2D eigenvalue weighted by molar-refractivity contribution is 0.874.